The number of hydrogen-bond donors (Lipinski definition) is 1. The predicted molar refractivity (Wildman–Crippen MR) is 74.1 cm³/mol. The Morgan fingerprint density at radius 3 is 2.55 bits per heavy atom. The lowest BCUT2D eigenvalue weighted by molar-refractivity contribution is -0.137. The lowest BCUT2D eigenvalue weighted by Crippen LogP contribution is -2.36. The summed E-state index contributed by atoms with van der Waals surface area (Å²) in [5.41, 5.74) is 6.36. The minimum atomic E-state index is -4.31. The molecule has 0 spiro atoms. The third kappa shape index (κ3) is 3.17. The fraction of sp³-hybridized carbons (Fsp3) is 0.625. The van der Waals surface area contributed by atoms with E-state index in [1.54, 1.807) is 6.07 Å². The predicted octanol–water partition coefficient (Wildman–Crippen LogP) is 4.92. The van der Waals surface area contributed by atoms with E-state index >= 15 is 0 Å². The van der Waals surface area contributed by atoms with Gasteiger partial charge in [0.2, 0.25) is 0 Å². The molecule has 0 bridgehead atoms. The zero-order valence-corrected chi connectivity index (χ0v) is 12.0. The first-order valence-electron chi connectivity index (χ1n) is 7.14. The summed E-state index contributed by atoms with van der Waals surface area (Å²) in [5, 5.41) is 0. The van der Waals surface area contributed by atoms with Gasteiger partial charge in [0.05, 0.1) is 5.56 Å². The van der Waals surface area contributed by atoms with Gasteiger partial charge in [-0.15, -0.1) is 0 Å². The molecule has 1 aliphatic rings. The number of benzene rings is 1. The maximum Gasteiger partial charge on any atom is 0.416 e. The van der Waals surface area contributed by atoms with Crippen molar-refractivity contribution in [2.45, 2.75) is 51.7 Å². The van der Waals surface area contributed by atoms with Crippen molar-refractivity contribution in [1.82, 2.24) is 0 Å². The molecule has 2 N–H and O–H groups in total. The average Bonchev–Trinajstić information content (AvgIpc) is 2.37. The smallest absolute Gasteiger partial charge is 0.324 e. The van der Waals surface area contributed by atoms with Crippen LogP contribution in [0, 0.1) is 11.3 Å². The lowest BCUT2D eigenvalue weighted by Gasteiger charge is -2.42. The maximum absolute atomic E-state index is 12.8. The molecule has 0 heterocycles. The quantitative estimate of drug-likeness (QED) is 0.820. The van der Waals surface area contributed by atoms with E-state index in [1.165, 1.54) is 18.6 Å². The standard InChI is InChI=1S/C16H22F3N/c1-15(2)9-4-3-8-13(15)14(20)11-6-5-7-12(10-11)16(17,18)19/h5-7,10,13-14H,3-4,8-9,20H2,1-2H3. The molecule has 1 fully saturated rings. The molecule has 2 unspecified atom stereocenters. The highest BCUT2D eigenvalue weighted by molar-refractivity contribution is 5.28. The second-order valence-electron chi connectivity index (χ2n) is 6.49. The summed E-state index contributed by atoms with van der Waals surface area (Å²) in [6, 6.07) is 5.14. The zero-order chi connectivity index (χ0) is 15.0. The minimum absolute atomic E-state index is 0.0892. The summed E-state index contributed by atoms with van der Waals surface area (Å²) < 4.78 is 38.4. The van der Waals surface area contributed by atoms with E-state index in [9.17, 15) is 13.2 Å². The van der Waals surface area contributed by atoms with Crippen LogP contribution in [0.2, 0.25) is 0 Å². The van der Waals surface area contributed by atoms with Crippen molar-refractivity contribution in [2.75, 3.05) is 0 Å². The van der Waals surface area contributed by atoms with Crippen LogP contribution in [0.5, 0.6) is 0 Å². The Bertz CT molecular complexity index is 465. The third-order valence-corrected chi connectivity index (χ3v) is 4.62. The normalized spacial score (nSPS) is 24.4. The number of alkyl halides is 3. The summed E-state index contributed by atoms with van der Waals surface area (Å²) in [4.78, 5) is 0. The zero-order valence-electron chi connectivity index (χ0n) is 12.0. The number of rotatable bonds is 2. The highest BCUT2D eigenvalue weighted by Gasteiger charge is 2.37. The summed E-state index contributed by atoms with van der Waals surface area (Å²) in [7, 11) is 0. The van der Waals surface area contributed by atoms with Gasteiger partial charge in [-0.25, -0.2) is 0 Å². The molecule has 0 aromatic heterocycles. The van der Waals surface area contributed by atoms with E-state index in [4.69, 9.17) is 5.73 Å². The van der Waals surface area contributed by atoms with Crippen molar-refractivity contribution in [1.29, 1.82) is 0 Å². The third-order valence-electron chi connectivity index (χ3n) is 4.62. The molecule has 0 aliphatic heterocycles. The molecule has 1 aromatic rings. The van der Waals surface area contributed by atoms with Gasteiger partial charge in [0.15, 0.2) is 0 Å². The van der Waals surface area contributed by atoms with E-state index in [0.717, 1.165) is 25.3 Å². The molecule has 1 saturated carbocycles. The monoisotopic (exact) mass is 285 g/mol. The topological polar surface area (TPSA) is 26.0 Å². The molecule has 1 nitrogen and oxygen atoms in total. The van der Waals surface area contributed by atoms with Gasteiger partial charge in [-0.05, 0) is 41.9 Å². The average molecular weight is 285 g/mol. The molecule has 1 aliphatic carbocycles. The molecular weight excluding hydrogens is 263 g/mol. The Morgan fingerprint density at radius 1 is 1.25 bits per heavy atom. The second-order valence-corrected chi connectivity index (χ2v) is 6.49. The molecule has 0 amide bonds. The van der Waals surface area contributed by atoms with Crippen LogP contribution in [0.1, 0.15) is 56.7 Å². The molecule has 2 rings (SSSR count). The van der Waals surface area contributed by atoms with E-state index in [2.05, 4.69) is 13.8 Å². The summed E-state index contributed by atoms with van der Waals surface area (Å²) in [5.74, 6) is 0.236. The Hall–Kier alpha value is -1.03. The van der Waals surface area contributed by atoms with Crippen molar-refractivity contribution in [2.24, 2.45) is 17.1 Å². The van der Waals surface area contributed by atoms with Gasteiger partial charge in [0, 0.05) is 6.04 Å². The fourth-order valence-corrected chi connectivity index (χ4v) is 3.34. The van der Waals surface area contributed by atoms with Gasteiger partial charge in [-0.2, -0.15) is 13.2 Å². The van der Waals surface area contributed by atoms with Crippen molar-refractivity contribution >= 4 is 0 Å². The molecule has 0 radical (unpaired) electrons. The fourth-order valence-electron chi connectivity index (χ4n) is 3.34. The summed E-state index contributed by atoms with van der Waals surface area (Å²) in [6.07, 6.45) is 0.0616. The van der Waals surface area contributed by atoms with Crippen molar-refractivity contribution in [3.8, 4) is 0 Å². The van der Waals surface area contributed by atoms with Gasteiger partial charge >= 0.3 is 6.18 Å². The van der Waals surface area contributed by atoms with Crippen molar-refractivity contribution < 1.29 is 13.2 Å². The number of halogens is 3. The lowest BCUT2D eigenvalue weighted by atomic mass is 9.65. The Morgan fingerprint density at radius 2 is 1.95 bits per heavy atom. The molecule has 1 aromatic carbocycles. The van der Waals surface area contributed by atoms with Gasteiger partial charge in [-0.1, -0.05) is 38.8 Å². The van der Waals surface area contributed by atoms with Crippen LogP contribution in [0.4, 0.5) is 13.2 Å². The molecule has 20 heavy (non-hydrogen) atoms. The molecule has 0 saturated heterocycles. The van der Waals surface area contributed by atoms with E-state index in [0.29, 0.717) is 5.56 Å². The van der Waals surface area contributed by atoms with Crippen LogP contribution >= 0.6 is 0 Å². The van der Waals surface area contributed by atoms with Crippen LogP contribution in [0.3, 0.4) is 0 Å². The second kappa shape index (κ2) is 5.40. The van der Waals surface area contributed by atoms with E-state index < -0.39 is 11.7 Å². The SMILES string of the molecule is CC1(C)CCCCC1C(N)c1cccc(C(F)(F)F)c1. The van der Waals surface area contributed by atoms with Gasteiger partial charge in [0.1, 0.15) is 0 Å². The number of hydrogen-bond acceptors (Lipinski definition) is 1. The van der Waals surface area contributed by atoms with Crippen LogP contribution < -0.4 is 5.73 Å². The highest BCUT2D eigenvalue weighted by Crippen LogP contribution is 2.46. The number of nitrogens with two attached hydrogens (primary N) is 1. The van der Waals surface area contributed by atoms with E-state index in [-0.39, 0.29) is 17.4 Å². The van der Waals surface area contributed by atoms with Gasteiger partial charge in [-0.3, -0.25) is 0 Å². The van der Waals surface area contributed by atoms with Crippen LogP contribution in [0.25, 0.3) is 0 Å². The highest BCUT2D eigenvalue weighted by atomic mass is 19.4. The van der Waals surface area contributed by atoms with Crippen LogP contribution in [0.15, 0.2) is 24.3 Å². The minimum Gasteiger partial charge on any atom is -0.324 e. The molecule has 2 atom stereocenters. The first-order chi connectivity index (χ1) is 9.22. The Kier molecular flexibility index (Phi) is 4.14. The summed E-state index contributed by atoms with van der Waals surface area (Å²) >= 11 is 0. The van der Waals surface area contributed by atoms with E-state index in [1.807, 2.05) is 0 Å². The van der Waals surface area contributed by atoms with Crippen molar-refractivity contribution in [3.63, 3.8) is 0 Å². The Labute approximate surface area is 118 Å². The van der Waals surface area contributed by atoms with Crippen LogP contribution in [-0.2, 0) is 6.18 Å². The first-order valence-corrected chi connectivity index (χ1v) is 7.14. The first kappa shape index (κ1) is 15.4. The van der Waals surface area contributed by atoms with Gasteiger partial charge in [0.25, 0.3) is 0 Å². The Balaban J connectivity index is 2.27. The molecular formula is C16H22F3N. The van der Waals surface area contributed by atoms with Gasteiger partial charge < -0.3 is 5.73 Å². The largest absolute Gasteiger partial charge is 0.416 e. The molecule has 112 valence electrons. The summed E-state index contributed by atoms with van der Waals surface area (Å²) in [6.45, 7) is 4.34. The maximum atomic E-state index is 12.8. The van der Waals surface area contributed by atoms with Crippen molar-refractivity contribution in [3.05, 3.63) is 35.4 Å². The molecule has 4 heteroatoms. The van der Waals surface area contributed by atoms with Crippen LogP contribution in [-0.4, -0.2) is 0 Å².